The molecule has 0 saturated carbocycles. The largest absolute Gasteiger partial charge is 0.494 e. The molecule has 0 N–H and O–H groups in total. The molecule has 2 aliphatic rings. The first kappa shape index (κ1) is 23.2. The Morgan fingerprint density at radius 1 is 1.09 bits per heavy atom. The third-order valence-electron chi connectivity index (χ3n) is 6.02. The molecule has 0 amide bonds. The molecule has 2 aliphatic heterocycles. The Hall–Kier alpha value is -1.94. The predicted molar refractivity (Wildman–Crippen MR) is 124 cm³/mol. The monoisotopic (exact) mass is 478 g/mol. The van der Waals surface area contributed by atoms with Crippen LogP contribution in [0.5, 0.6) is 5.75 Å². The van der Waals surface area contributed by atoms with Gasteiger partial charge in [0.25, 0.3) is 10.0 Å². The van der Waals surface area contributed by atoms with Crippen LogP contribution in [0.3, 0.4) is 0 Å². The zero-order chi connectivity index (χ0) is 22.7. The van der Waals surface area contributed by atoms with Crippen LogP contribution in [0.1, 0.15) is 52.5 Å². The van der Waals surface area contributed by atoms with E-state index in [0.29, 0.717) is 32.7 Å². The van der Waals surface area contributed by atoms with Gasteiger partial charge in [0, 0.05) is 37.6 Å². The second kappa shape index (κ2) is 9.91. The van der Waals surface area contributed by atoms with Crippen LogP contribution in [0.15, 0.2) is 28.5 Å². The molecule has 9 heteroatoms. The molecular weight excluding hydrogens is 448 g/mol. The number of hydrogen-bond acceptors (Lipinski definition) is 7. The average molecular weight is 479 g/mol. The molecule has 0 bridgehead atoms. The fraction of sp³-hybridized carbons (Fsp3) is 0.522. The smallest absolute Gasteiger partial charge is 0.340 e. The maximum Gasteiger partial charge on any atom is 0.340 e. The van der Waals surface area contributed by atoms with Crippen molar-refractivity contribution in [3.8, 4) is 5.75 Å². The van der Waals surface area contributed by atoms with Gasteiger partial charge in [-0.3, -0.25) is 4.90 Å². The molecule has 0 aliphatic carbocycles. The zero-order valence-electron chi connectivity index (χ0n) is 18.6. The first-order valence-electron chi connectivity index (χ1n) is 11.1. The minimum atomic E-state index is -3.71. The molecule has 1 fully saturated rings. The maximum absolute atomic E-state index is 13.4. The maximum atomic E-state index is 13.4. The van der Waals surface area contributed by atoms with E-state index in [4.69, 9.17) is 9.47 Å². The number of benzene rings is 1. The second-order valence-corrected chi connectivity index (χ2v) is 11.4. The fourth-order valence-electron chi connectivity index (χ4n) is 4.39. The highest BCUT2D eigenvalue weighted by atomic mass is 32.2. The number of thiophene rings is 1. The molecule has 1 aromatic heterocycles. The van der Waals surface area contributed by atoms with Crippen molar-refractivity contribution in [2.24, 2.45) is 0 Å². The third kappa shape index (κ3) is 4.71. The number of hydrogen-bond donors (Lipinski definition) is 0. The highest BCUT2D eigenvalue weighted by molar-refractivity contribution is 7.91. The van der Waals surface area contributed by atoms with E-state index in [-0.39, 0.29) is 9.77 Å². The highest BCUT2D eigenvalue weighted by Crippen LogP contribution is 2.39. The molecule has 0 radical (unpaired) electrons. The van der Waals surface area contributed by atoms with Crippen LogP contribution in [0, 0.1) is 0 Å². The van der Waals surface area contributed by atoms with Crippen LogP contribution in [-0.4, -0.2) is 56.9 Å². The second-order valence-electron chi connectivity index (χ2n) is 8.16. The summed E-state index contributed by atoms with van der Waals surface area (Å²) in [7, 11) is -2.40. The Labute approximate surface area is 194 Å². The summed E-state index contributed by atoms with van der Waals surface area (Å²) < 4.78 is 39.0. The Morgan fingerprint density at radius 3 is 2.47 bits per heavy atom. The van der Waals surface area contributed by atoms with Crippen molar-refractivity contribution in [2.75, 3.05) is 33.4 Å². The number of methoxy groups -OCH3 is 1. The lowest BCUT2D eigenvalue weighted by Gasteiger charge is -2.27. The standard InChI is InChI=1S/C23H30N2O5S2/c1-3-30-18-9-7-17(8-10-18)15-24-14-11-19-20(16-24)31-23(21(19)22(26)29-2)32(27,28)25-12-5-4-6-13-25/h7-10H,3-6,11-16H2,1-2H3. The van der Waals surface area contributed by atoms with Crippen molar-refractivity contribution in [1.29, 1.82) is 0 Å². The van der Waals surface area contributed by atoms with Crippen molar-refractivity contribution in [2.45, 2.75) is 49.9 Å². The summed E-state index contributed by atoms with van der Waals surface area (Å²) >= 11 is 1.24. The van der Waals surface area contributed by atoms with Crippen molar-refractivity contribution >= 4 is 27.3 Å². The number of carbonyl (C=O) groups excluding carboxylic acids is 1. The normalized spacial score (nSPS) is 17.7. The van der Waals surface area contributed by atoms with Crippen LogP contribution in [0.25, 0.3) is 0 Å². The lowest BCUT2D eigenvalue weighted by Crippen LogP contribution is -2.36. The van der Waals surface area contributed by atoms with E-state index in [0.717, 1.165) is 48.5 Å². The minimum Gasteiger partial charge on any atom is -0.494 e. The van der Waals surface area contributed by atoms with Crippen molar-refractivity contribution in [3.05, 3.63) is 45.8 Å². The van der Waals surface area contributed by atoms with E-state index >= 15 is 0 Å². The molecule has 2 aromatic rings. The number of esters is 1. The van der Waals surface area contributed by atoms with Gasteiger partial charge in [0.1, 0.15) is 9.96 Å². The van der Waals surface area contributed by atoms with E-state index in [1.807, 2.05) is 19.1 Å². The van der Waals surface area contributed by atoms with Crippen molar-refractivity contribution in [1.82, 2.24) is 9.21 Å². The highest BCUT2D eigenvalue weighted by Gasteiger charge is 2.37. The lowest BCUT2D eigenvalue weighted by molar-refractivity contribution is 0.0595. The molecule has 1 saturated heterocycles. The quantitative estimate of drug-likeness (QED) is 0.565. The van der Waals surface area contributed by atoms with Crippen molar-refractivity contribution < 1.29 is 22.7 Å². The van der Waals surface area contributed by atoms with Crippen LogP contribution < -0.4 is 4.74 Å². The fourth-order valence-corrected chi connectivity index (χ4v) is 7.98. The van der Waals surface area contributed by atoms with Gasteiger partial charge >= 0.3 is 5.97 Å². The zero-order valence-corrected chi connectivity index (χ0v) is 20.3. The van der Waals surface area contributed by atoms with Gasteiger partial charge < -0.3 is 9.47 Å². The lowest BCUT2D eigenvalue weighted by atomic mass is 10.0. The number of carbonyl (C=O) groups is 1. The van der Waals surface area contributed by atoms with Gasteiger partial charge in [-0.1, -0.05) is 18.6 Å². The summed E-state index contributed by atoms with van der Waals surface area (Å²) in [6, 6.07) is 8.05. The van der Waals surface area contributed by atoms with Crippen LogP contribution >= 0.6 is 11.3 Å². The van der Waals surface area contributed by atoms with Gasteiger partial charge in [-0.25, -0.2) is 13.2 Å². The van der Waals surface area contributed by atoms with E-state index < -0.39 is 16.0 Å². The van der Waals surface area contributed by atoms with E-state index in [2.05, 4.69) is 17.0 Å². The molecule has 7 nitrogen and oxygen atoms in total. The molecule has 32 heavy (non-hydrogen) atoms. The first-order chi connectivity index (χ1) is 15.4. The number of sulfonamides is 1. The van der Waals surface area contributed by atoms with Crippen LogP contribution in [0.4, 0.5) is 0 Å². The molecular formula is C23H30N2O5S2. The predicted octanol–water partition coefficient (Wildman–Crippen LogP) is 3.67. The summed E-state index contributed by atoms with van der Waals surface area (Å²) in [6.45, 7) is 5.74. The SMILES string of the molecule is CCOc1ccc(CN2CCc3c(sc(S(=O)(=O)N4CCCCC4)c3C(=O)OC)C2)cc1. The van der Waals surface area contributed by atoms with Crippen LogP contribution in [-0.2, 0) is 34.3 Å². The average Bonchev–Trinajstić information content (AvgIpc) is 3.20. The van der Waals surface area contributed by atoms with Crippen LogP contribution in [0.2, 0.25) is 0 Å². The van der Waals surface area contributed by atoms with Gasteiger partial charge in [-0.2, -0.15) is 4.31 Å². The number of rotatable bonds is 7. The summed E-state index contributed by atoms with van der Waals surface area (Å²) in [5.74, 6) is 0.295. The summed E-state index contributed by atoms with van der Waals surface area (Å²) in [5.41, 5.74) is 2.25. The van der Waals surface area contributed by atoms with Gasteiger partial charge in [-0.15, -0.1) is 11.3 Å². The Morgan fingerprint density at radius 2 is 1.81 bits per heavy atom. The molecule has 0 unspecified atom stereocenters. The first-order valence-corrected chi connectivity index (χ1v) is 13.4. The Kier molecular flexibility index (Phi) is 7.19. The molecule has 3 heterocycles. The van der Waals surface area contributed by atoms with E-state index in [1.165, 1.54) is 28.3 Å². The van der Waals surface area contributed by atoms with Crippen molar-refractivity contribution in [3.63, 3.8) is 0 Å². The Balaban J connectivity index is 1.59. The Bertz CT molecular complexity index is 1060. The number of ether oxygens (including phenoxy) is 2. The molecule has 0 atom stereocenters. The van der Waals surface area contributed by atoms with Gasteiger partial charge in [0.05, 0.1) is 19.3 Å². The third-order valence-corrected chi connectivity index (χ3v) is 9.63. The number of piperidine rings is 1. The van der Waals surface area contributed by atoms with Gasteiger partial charge in [-0.05, 0) is 49.4 Å². The van der Waals surface area contributed by atoms with E-state index in [9.17, 15) is 13.2 Å². The molecule has 1 aromatic carbocycles. The van der Waals surface area contributed by atoms with E-state index in [1.54, 1.807) is 0 Å². The summed E-state index contributed by atoms with van der Waals surface area (Å²) in [5, 5.41) is 0. The number of fused-ring (bicyclic) bond motifs is 1. The number of nitrogens with zero attached hydrogens (tertiary/aromatic N) is 2. The molecule has 174 valence electrons. The summed E-state index contributed by atoms with van der Waals surface area (Å²) in [4.78, 5) is 15.9. The topological polar surface area (TPSA) is 76.2 Å². The van der Waals surface area contributed by atoms with Gasteiger partial charge in [0.2, 0.25) is 0 Å². The van der Waals surface area contributed by atoms with Gasteiger partial charge in [0.15, 0.2) is 0 Å². The molecule has 0 spiro atoms. The summed E-state index contributed by atoms with van der Waals surface area (Å²) in [6.07, 6.45) is 3.38. The minimum absolute atomic E-state index is 0.152. The molecule has 4 rings (SSSR count).